The third-order valence-corrected chi connectivity index (χ3v) is 2.93. The van der Waals surface area contributed by atoms with Crippen molar-refractivity contribution in [3.8, 4) is 11.1 Å². The Labute approximate surface area is 109 Å². The number of anilines is 1. The molecule has 0 aliphatic heterocycles. The molecule has 0 aliphatic carbocycles. The molecule has 1 aromatic heterocycles. The first kappa shape index (κ1) is 13.4. The summed E-state index contributed by atoms with van der Waals surface area (Å²) in [5, 5.41) is 0. The fourth-order valence-corrected chi connectivity index (χ4v) is 1.98. The molecule has 2 nitrogen and oxygen atoms in total. The topological polar surface area (TPSA) is 38.9 Å². The van der Waals surface area contributed by atoms with Gasteiger partial charge in [0.2, 0.25) is 5.95 Å². The zero-order valence-electron chi connectivity index (χ0n) is 10.5. The Kier molecular flexibility index (Phi) is 3.46. The zero-order chi connectivity index (χ0) is 14.2. The van der Waals surface area contributed by atoms with Crippen molar-refractivity contribution in [1.82, 2.24) is 4.98 Å². The predicted octanol–water partition coefficient (Wildman–Crippen LogP) is 3.87. The van der Waals surface area contributed by atoms with Crippen molar-refractivity contribution in [2.24, 2.45) is 0 Å². The van der Waals surface area contributed by atoms with E-state index in [1.807, 2.05) is 13.8 Å². The summed E-state index contributed by atoms with van der Waals surface area (Å²) in [4.78, 5) is 3.38. The summed E-state index contributed by atoms with van der Waals surface area (Å²) in [5.74, 6) is -2.91. The summed E-state index contributed by atoms with van der Waals surface area (Å²) in [7, 11) is 0. The summed E-state index contributed by atoms with van der Waals surface area (Å²) in [6, 6.07) is 3.50. The van der Waals surface area contributed by atoms with Crippen LogP contribution in [0.2, 0.25) is 0 Å². The molecular formula is C14H13F3N2. The van der Waals surface area contributed by atoms with E-state index in [0.717, 1.165) is 12.1 Å². The maximum atomic E-state index is 13.9. The predicted molar refractivity (Wildman–Crippen MR) is 68.0 cm³/mol. The van der Waals surface area contributed by atoms with Crippen LogP contribution in [-0.2, 0) is 0 Å². The lowest BCUT2D eigenvalue weighted by Crippen LogP contribution is -2.04. The number of pyridine rings is 1. The Hall–Kier alpha value is -2.04. The third kappa shape index (κ3) is 2.41. The Morgan fingerprint density at radius 2 is 1.84 bits per heavy atom. The Bertz CT molecular complexity index is 624. The van der Waals surface area contributed by atoms with Gasteiger partial charge in [-0.1, -0.05) is 13.8 Å². The van der Waals surface area contributed by atoms with E-state index in [4.69, 9.17) is 5.73 Å². The third-order valence-electron chi connectivity index (χ3n) is 2.93. The fraction of sp³-hybridized carbons (Fsp3) is 0.214. The van der Waals surface area contributed by atoms with Crippen molar-refractivity contribution in [3.63, 3.8) is 0 Å². The molecule has 2 N–H and O–H groups in total. The van der Waals surface area contributed by atoms with Gasteiger partial charge in [0.1, 0.15) is 0 Å². The molecule has 2 aromatic rings. The molecule has 0 radical (unpaired) electrons. The van der Waals surface area contributed by atoms with E-state index in [2.05, 4.69) is 4.98 Å². The lowest BCUT2D eigenvalue weighted by Gasteiger charge is -2.15. The van der Waals surface area contributed by atoms with Gasteiger partial charge in [-0.25, -0.2) is 13.8 Å². The van der Waals surface area contributed by atoms with Crippen LogP contribution < -0.4 is 5.73 Å². The van der Waals surface area contributed by atoms with Crippen molar-refractivity contribution in [2.45, 2.75) is 19.8 Å². The minimum atomic E-state index is -1.08. The molecule has 0 bridgehead atoms. The van der Waals surface area contributed by atoms with Crippen molar-refractivity contribution < 1.29 is 13.2 Å². The monoisotopic (exact) mass is 266 g/mol. The first-order chi connectivity index (χ1) is 8.91. The molecule has 19 heavy (non-hydrogen) atoms. The van der Waals surface area contributed by atoms with E-state index in [9.17, 15) is 13.2 Å². The summed E-state index contributed by atoms with van der Waals surface area (Å²) in [6.07, 6.45) is 1.18. The van der Waals surface area contributed by atoms with Crippen molar-refractivity contribution >= 4 is 5.69 Å². The summed E-state index contributed by atoms with van der Waals surface area (Å²) in [6.45, 7) is 3.64. The quantitative estimate of drug-likeness (QED) is 0.662. The van der Waals surface area contributed by atoms with E-state index >= 15 is 0 Å². The molecule has 0 fully saturated rings. The number of nitrogens with zero attached hydrogens (tertiary/aromatic N) is 1. The van der Waals surface area contributed by atoms with E-state index < -0.39 is 17.6 Å². The van der Waals surface area contributed by atoms with Gasteiger partial charge in [0.25, 0.3) is 0 Å². The van der Waals surface area contributed by atoms with E-state index in [0.29, 0.717) is 5.56 Å². The number of halogens is 3. The number of hydrogen-bond donors (Lipinski definition) is 1. The molecular weight excluding hydrogens is 253 g/mol. The lowest BCUT2D eigenvalue weighted by atomic mass is 9.94. The Morgan fingerprint density at radius 1 is 1.16 bits per heavy atom. The zero-order valence-corrected chi connectivity index (χ0v) is 10.5. The smallest absolute Gasteiger partial charge is 0.213 e. The highest BCUT2D eigenvalue weighted by Gasteiger charge is 2.19. The second-order valence-electron chi connectivity index (χ2n) is 4.57. The van der Waals surface area contributed by atoms with Gasteiger partial charge in [-0.15, -0.1) is 0 Å². The number of nitrogen functional groups attached to an aromatic ring is 1. The highest BCUT2D eigenvalue weighted by Crippen LogP contribution is 2.36. The standard InChI is InChI=1S/C14H13F3N2/c1-7(2)9-6-10(15)13(17)12(14(9)18)8-3-4-19-11(16)5-8/h3-7H,18H2,1-2H3. The Balaban J connectivity index is 2.75. The lowest BCUT2D eigenvalue weighted by molar-refractivity contribution is 0.509. The van der Waals surface area contributed by atoms with Crippen LogP contribution in [0.3, 0.4) is 0 Å². The second kappa shape index (κ2) is 4.91. The molecule has 2 rings (SSSR count). The molecule has 100 valence electrons. The molecule has 1 aromatic carbocycles. The van der Waals surface area contributed by atoms with E-state index in [1.54, 1.807) is 0 Å². The normalized spacial score (nSPS) is 11.1. The second-order valence-corrected chi connectivity index (χ2v) is 4.57. The van der Waals surface area contributed by atoms with Gasteiger partial charge in [-0.2, -0.15) is 4.39 Å². The average molecular weight is 266 g/mol. The van der Waals surface area contributed by atoms with E-state index in [1.165, 1.54) is 12.3 Å². The number of aromatic nitrogens is 1. The van der Waals surface area contributed by atoms with Gasteiger partial charge in [0.15, 0.2) is 11.6 Å². The van der Waals surface area contributed by atoms with Crippen LogP contribution in [-0.4, -0.2) is 4.98 Å². The SMILES string of the molecule is CC(C)c1cc(F)c(F)c(-c2ccnc(F)c2)c1N. The summed E-state index contributed by atoms with van der Waals surface area (Å²) < 4.78 is 40.7. The molecule has 0 atom stereocenters. The van der Waals surface area contributed by atoms with Gasteiger partial charge >= 0.3 is 0 Å². The first-order valence-corrected chi connectivity index (χ1v) is 5.81. The summed E-state index contributed by atoms with van der Waals surface area (Å²) in [5.41, 5.74) is 6.55. The van der Waals surface area contributed by atoms with E-state index in [-0.39, 0.29) is 22.7 Å². The molecule has 1 heterocycles. The van der Waals surface area contributed by atoms with Gasteiger partial charge in [-0.05, 0) is 29.2 Å². The van der Waals surface area contributed by atoms with Crippen LogP contribution in [0.5, 0.6) is 0 Å². The molecule has 0 amide bonds. The van der Waals surface area contributed by atoms with Crippen LogP contribution in [0.25, 0.3) is 11.1 Å². The maximum absolute atomic E-state index is 13.9. The van der Waals surface area contributed by atoms with Crippen molar-refractivity contribution in [1.29, 1.82) is 0 Å². The van der Waals surface area contributed by atoms with Crippen LogP contribution in [0.4, 0.5) is 18.9 Å². The van der Waals surface area contributed by atoms with Crippen molar-refractivity contribution in [3.05, 3.63) is 47.5 Å². The number of nitrogens with two attached hydrogens (primary N) is 1. The molecule has 0 spiro atoms. The molecule has 0 aliphatic rings. The minimum absolute atomic E-state index is 0.0689. The number of rotatable bonds is 2. The van der Waals surface area contributed by atoms with Crippen molar-refractivity contribution in [2.75, 3.05) is 5.73 Å². The number of hydrogen-bond acceptors (Lipinski definition) is 2. The van der Waals surface area contributed by atoms with Crippen LogP contribution in [0.15, 0.2) is 24.4 Å². The highest BCUT2D eigenvalue weighted by molar-refractivity contribution is 5.79. The largest absolute Gasteiger partial charge is 0.398 e. The van der Waals surface area contributed by atoms with Crippen LogP contribution in [0, 0.1) is 17.6 Å². The number of benzene rings is 1. The van der Waals surface area contributed by atoms with Gasteiger partial charge in [0, 0.05) is 23.5 Å². The Morgan fingerprint density at radius 3 is 2.42 bits per heavy atom. The van der Waals surface area contributed by atoms with Gasteiger partial charge < -0.3 is 5.73 Å². The molecule has 5 heteroatoms. The first-order valence-electron chi connectivity index (χ1n) is 5.81. The van der Waals surface area contributed by atoms with Crippen LogP contribution >= 0.6 is 0 Å². The van der Waals surface area contributed by atoms with Gasteiger partial charge in [-0.3, -0.25) is 0 Å². The average Bonchev–Trinajstić information content (AvgIpc) is 2.34. The molecule has 0 unspecified atom stereocenters. The molecule has 0 saturated carbocycles. The maximum Gasteiger partial charge on any atom is 0.213 e. The highest BCUT2D eigenvalue weighted by atomic mass is 19.2. The summed E-state index contributed by atoms with van der Waals surface area (Å²) >= 11 is 0. The van der Waals surface area contributed by atoms with Gasteiger partial charge in [0.05, 0.1) is 0 Å². The molecule has 0 saturated heterocycles. The van der Waals surface area contributed by atoms with Crippen LogP contribution in [0.1, 0.15) is 25.3 Å². The fourth-order valence-electron chi connectivity index (χ4n) is 1.98. The minimum Gasteiger partial charge on any atom is -0.398 e.